The smallest absolute Gasteiger partial charge is 0.416 e. The fourth-order valence-electron chi connectivity index (χ4n) is 2.87. The number of ether oxygens (including phenoxy) is 1. The second kappa shape index (κ2) is 7.79. The second-order valence-electron chi connectivity index (χ2n) is 6.26. The lowest BCUT2D eigenvalue weighted by molar-refractivity contribution is -0.137. The summed E-state index contributed by atoms with van der Waals surface area (Å²) >= 11 is 0. The molecule has 0 bridgehead atoms. The number of nitrogens with one attached hydrogen (secondary N) is 1. The van der Waals surface area contributed by atoms with Gasteiger partial charge in [0.15, 0.2) is 0 Å². The highest BCUT2D eigenvalue weighted by Gasteiger charge is 2.30. The Labute approximate surface area is 158 Å². The number of carbonyl (C=O) groups is 2. The van der Waals surface area contributed by atoms with Gasteiger partial charge in [0.1, 0.15) is 12.4 Å². The van der Waals surface area contributed by atoms with Gasteiger partial charge in [0, 0.05) is 25.2 Å². The summed E-state index contributed by atoms with van der Waals surface area (Å²) < 4.78 is 43.3. The fourth-order valence-corrected chi connectivity index (χ4v) is 2.87. The van der Waals surface area contributed by atoms with Gasteiger partial charge in [0.25, 0.3) is 5.91 Å². The maximum Gasteiger partial charge on any atom is 0.416 e. The Morgan fingerprint density at radius 2 is 1.89 bits per heavy atom. The molecule has 148 valence electrons. The summed E-state index contributed by atoms with van der Waals surface area (Å²) in [5.41, 5.74) is 1.13. The molecule has 1 aliphatic rings. The van der Waals surface area contributed by atoms with Gasteiger partial charge >= 0.3 is 12.3 Å². The molecule has 2 aromatic carbocycles. The predicted molar refractivity (Wildman–Crippen MR) is 93.0 cm³/mol. The lowest BCUT2D eigenvalue weighted by atomic mass is 10.1. The van der Waals surface area contributed by atoms with E-state index in [4.69, 9.17) is 9.84 Å². The highest BCUT2D eigenvalue weighted by Crippen LogP contribution is 2.30. The van der Waals surface area contributed by atoms with Gasteiger partial charge in [-0.05, 0) is 35.4 Å². The minimum atomic E-state index is -4.38. The van der Waals surface area contributed by atoms with Crippen molar-refractivity contribution >= 4 is 12.0 Å². The van der Waals surface area contributed by atoms with Gasteiger partial charge in [-0.25, -0.2) is 4.79 Å². The zero-order chi connectivity index (χ0) is 20.3. The number of alkyl halides is 3. The molecule has 1 heterocycles. The van der Waals surface area contributed by atoms with Crippen LogP contribution in [0.3, 0.4) is 0 Å². The van der Waals surface area contributed by atoms with Crippen molar-refractivity contribution in [3.8, 4) is 5.75 Å². The highest BCUT2D eigenvalue weighted by molar-refractivity contribution is 5.98. The van der Waals surface area contributed by atoms with Crippen LogP contribution in [0.4, 0.5) is 18.0 Å². The van der Waals surface area contributed by atoms with Crippen LogP contribution in [-0.4, -0.2) is 35.1 Å². The first-order valence-corrected chi connectivity index (χ1v) is 8.42. The van der Waals surface area contributed by atoms with Crippen molar-refractivity contribution in [1.29, 1.82) is 0 Å². The number of halogens is 3. The van der Waals surface area contributed by atoms with Crippen LogP contribution in [-0.2, 0) is 19.3 Å². The van der Waals surface area contributed by atoms with E-state index in [2.05, 4.69) is 5.32 Å². The van der Waals surface area contributed by atoms with Gasteiger partial charge in [-0.3, -0.25) is 4.79 Å². The molecular formula is C19H17F3N2O4. The summed E-state index contributed by atoms with van der Waals surface area (Å²) in [5.74, 6) is 0.208. The number of hydrogen-bond donors (Lipinski definition) is 2. The SMILES string of the molecule is O=C(O)NCCN1Cc2ccc(OCc3ccc(C(F)(F)F)cc3)cc2C1=O. The first-order valence-electron chi connectivity index (χ1n) is 8.42. The minimum Gasteiger partial charge on any atom is -0.489 e. The molecule has 0 unspecified atom stereocenters. The van der Waals surface area contributed by atoms with E-state index in [-0.39, 0.29) is 25.6 Å². The van der Waals surface area contributed by atoms with E-state index in [0.29, 0.717) is 23.4 Å². The number of amides is 2. The van der Waals surface area contributed by atoms with Crippen LogP contribution in [0, 0.1) is 0 Å². The Morgan fingerprint density at radius 1 is 1.18 bits per heavy atom. The summed E-state index contributed by atoms with van der Waals surface area (Å²) in [4.78, 5) is 24.4. The summed E-state index contributed by atoms with van der Waals surface area (Å²) in [7, 11) is 0. The number of rotatable bonds is 6. The third kappa shape index (κ3) is 4.54. The average molecular weight is 394 g/mol. The number of nitrogens with zero attached hydrogens (tertiary/aromatic N) is 1. The molecule has 0 saturated carbocycles. The molecule has 2 aromatic rings. The summed E-state index contributed by atoms with van der Waals surface area (Å²) in [6, 6.07) is 9.71. The van der Waals surface area contributed by atoms with Crippen LogP contribution in [0.5, 0.6) is 5.75 Å². The topological polar surface area (TPSA) is 78.9 Å². The molecule has 28 heavy (non-hydrogen) atoms. The second-order valence-corrected chi connectivity index (χ2v) is 6.26. The molecule has 0 atom stereocenters. The summed E-state index contributed by atoms with van der Waals surface area (Å²) in [5, 5.41) is 10.8. The van der Waals surface area contributed by atoms with Crippen molar-refractivity contribution in [3.63, 3.8) is 0 Å². The van der Waals surface area contributed by atoms with Gasteiger partial charge < -0.3 is 20.1 Å². The molecule has 0 aromatic heterocycles. The zero-order valence-corrected chi connectivity index (χ0v) is 14.6. The molecule has 3 rings (SSSR count). The molecule has 2 N–H and O–H groups in total. The summed E-state index contributed by atoms with van der Waals surface area (Å²) in [6.07, 6.45) is -5.53. The molecule has 6 nitrogen and oxygen atoms in total. The quantitative estimate of drug-likeness (QED) is 0.786. The van der Waals surface area contributed by atoms with Gasteiger partial charge in [-0.15, -0.1) is 0 Å². The number of benzene rings is 2. The number of fused-ring (bicyclic) bond motifs is 1. The molecule has 1 aliphatic heterocycles. The van der Waals surface area contributed by atoms with E-state index in [9.17, 15) is 22.8 Å². The van der Waals surface area contributed by atoms with E-state index in [1.54, 1.807) is 18.2 Å². The first kappa shape index (κ1) is 19.5. The number of hydrogen-bond acceptors (Lipinski definition) is 3. The van der Waals surface area contributed by atoms with Crippen molar-refractivity contribution in [2.24, 2.45) is 0 Å². The zero-order valence-electron chi connectivity index (χ0n) is 14.6. The molecule has 0 saturated heterocycles. The molecule has 0 aliphatic carbocycles. The maximum absolute atomic E-state index is 12.6. The standard InChI is InChI=1S/C19H17F3N2O4/c20-19(21,22)14-4-1-12(2-5-14)11-28-15-6-3-13-10-24(8-7-23-18(26)27)17(25)16(13)9-15/h1-6,9,23H,7-8,10-11H2,(H,26,27). The van der Waals surface area contributed by atoms with Crippen molar-refractivity contribution in [3.05, 3.63) is 64.7 Å². The number of carboxylic acid groups (broad SMARTS) is 1. The molecule has 0 fully saturated rings. The van der Waals surface area contributed by atoms with Gasteiger partial charge in [-0.2, -0.15) is 13.2 Å². The van der Waals surface area contributed by atoms with Crippen molar-refractivity contribution in [1.82, 2.24) is 10.2 Å². The van der Waals surface area contributed by atoms with Crippen LogP contribution in [0.15, 0.2) is 42.5 Å². The lowest BCUT2D eigenvalue weighted by Gasteiger charge is -2.14. The molecule has 2 amide bonds. The Morgan fingerprint density at radius 3 is 2.54 bits per heavy atom. The predicted octanol–water partition coefficient (Wildman–Crippen LogP) is 3.51. The molecular weight excluding hydrogens is 377 g/mol. The van der Waals surface area contributed by atoms with Gasteiger partial charge in [-0.1, -0.05) is 18.2 Å². The number of carbonyl (C=O) groups excluding carboxylic acids is 1. The highest BCUT2D eigenvalue weighted by atomic mass is 19.4. The third-order valence-corrected chi connectivity index (χ3v) is 4.30. The first-order chi connectivity index (χ1) is 13.2. The van der Waals surface area contributed by atoms with Crippen LogP contribution < -0.4 is 10.1 Å². The van der Waals surface area contributed by atoms with Crippen LogP contribution >= 0.6 is 0 Å². The van der Waals surface area contributed by atoms with Gasteiger partial charge in [0.05, 0.1) is 5.56 Å². The summed E-state index contributed by atoms with van der Waals surface area (Å²) in [6.45, 7) is 0.833. The minimum absolute atomic E-state index is 0.0668. The molecule has 0 radical (unpaired) electrons. The van der Waals surface area contributed by atoms with Gasteiger partial charge in [0.2, 0.25) is 0 Å². The fraction of sp³-hybridized carbons (Fsp3) is 0.263. The Hall–Kier alpha value is -3.23. The molecule has 0 spiro atoms. The maximum atomic E-state index is 12.6. The Bertz CT molecular complexity index is 882. The normalized spacial score (nSPS) is 13.4. The molecule has 9 heteroatoms. The van der Waals surface area contributed by atoms with Crippen LogP contribution in [0.2, 0.25) is 0 Å². The van der Waals surface area contributed by atoms with Crippen molar-refractivity contribution in [2.75, 3.05) is 13.1 Å². The van der Waals surface area contributed by atoms with Crippen LogP contribution in [0.1, 0.15) is 27.0 Å². The Kier molecular flexibility index (Phi) is 5.43. The van der Waals surface area contributed by atoms with Crippen molar-refractivity contribution < 1.29 is 32.6 Å². The monoisotopic (exact) mass is 394 g/mol. The van der Waals surface area contributed by atoms with E-state index in [1.165, 1.54) is 17.0 Å². The third-order valence-electron chi connectivity index (χ3n) is 4.30. The van der Waals surface area contributed by atoms with E-state index < -0.39 is 17.8 Å². The van der Waals surface area contributed by atoms with E-state index in [0.717, 1.165) is 17.7 Å². The van der Waals surface area contributed by atoms with Crippen molar-refractivity contribution in [2.45, 2.75) is 19.3 Å². The Balaban J connectivity index is 1.60. The van der Waals surface area contributed by atoms with Crippen LogP contribution in [0.25, 0.3) is 0 Å². The average Bonchev–Trinajstić information content (AvgIpc) is 2.95. The largest absolute Gasteiger partial charge is 0.489 e. The lowest BCUT2D eigenvalue weighted by Crippen LogP contribution is -2.34. The van der Waals surface area contributed by atoms with E-state index in [1.807, 2.05) is 0 Å². The van der Waals surface area contributed by atoms with E-state index >= 15 is 0 Å².